The normalized spacial score (nSPS) is 17.2. The van der Waals surface area contributed by atoms with Gasteiger partial charge in [-0.05, 0) is 87.8 Å². The van der Waals surface area contributed by atoms with Crippen LogP contribution in [-0.2, 0) is 10.8 Å². The lowest BCUT2D eigenvalue weighted by Gasteiger charge is -2.31. The van der Waals surface area contributed by atoms with E-state index in [9.17, 15) is 0 Å². The van der Waals surface area contributed by atoms with Crippen LogP contribution in [0, 0.1) is 0 Å². The second kappa shape index (κ2) is 11.7. The molecule has 3 heteroatoms. The van der Waals surface area contributed by atoms with Gasteiger partial charge in [-0.3, -0.25) is 0 Å². The Kier molecular flexibility index (Phi) is 6.77. The van der Waals surface area contributed by atoms with Crippen molar-refractivity contribution in [1.82, 2.24) is 0 Å². The number of anilines is 2. The summed E-state index contributed by atoms with van der Waals surface area (Å²) in [6.07, 6.45) is 8.12. The summed E-state index contributed by atoms with van der Waals surface area (Å²) in [5, 5.41) is 5.04. The summed E-state index contributed by atoms with van der Waals surface area (Å²) in [6, 6.07) is 51.9. The first-order chi connectivity index (χ1) is 27.8. The average Bonchev–Trinajstić information content (AvgIpc) is 3.94. The van der Waals surface area contributed by atoms with Crippen molar-refractivity contribution in [3.05, 3.63) is 191 Å². The van der Waals surface area contributed by atoms with Crippen LogP contribution in [0.3, 0.4) is 0 Å². The molecule has 0 aliphatic heterocycles. The maximum absolute atomic E-state index is 6.72. The second-order valence-electron chi connectivity index (χ2n) is 17.2. The van der Waals surface area contributed by atoms with Gasteiger partial charge >= 0.3 is 0 Å². The fourth-order valence-electron chi connectivity index (χ4n) is 10.4. The third-order valence-corrected chi connectivity index (χ3v) is 14.6. The van der Waals surface area contributed by atoms with Crippen molar-refractivity contribution < 1.29 is 4.42 Å². The Morgan fingerprint density at radius 2 is 1.26 bits per heavy atom. The number of rotatable bonds is 4. The summed E-state index contributed by atoms with van der Waals surface area (Å²) in [5.74, 6) is 0.350. The van der Waals surface area contributed by atoms with Gasteiger partial charge in [-0.2, -0.15) is 0 Å². The lowest BCUT2D eigenvalue weighted by molar-refractivity contribution is 0.653. The van der Waals surface area contributed by atoms with Crippen molar-refractivity contribution in [2.75, 3.05) is 4.90 Å². The van der Waals surface area contributed by atoms with Crippen LogP contribution in [0.15, 0.2) is 168 Å². The molecule has 1 unspecified atom stereocenters. The van der Waals surface area contributed by atoms with Gasteiger partial charge in [0.1, 0.15) is 11.2 Å². The number of hydrogen-bond acceptors (Lipinski definition) is 3. The fourth-order valence-corrected chi connectivity index (χ4v) is 11.7. The predicted octanol–water partition coefficient (Wildman–Crippen LogP) is 15.3. The van der Waals surface area contributed by atoms with E-state index < -0.39 is 0 Å². The fraction of sp³-hybridized carbons (Fsp3) is 0.148. The molecule has 57 heavy (non-hydrogen) atoms. The van der Waals surface area contributed by atoms with Gasteiger partial charge in [-0.25, -0.2) is 0 Å². The molecule has 2 heterocycles. The molecule has 3 aliphatic carbocycles. The molecule has 0 amide bonds. The molecule has 9 aromatic rings. The molecule has 1 atom stereocenters. The van der Waals surface area contributed by atoms with E-state index >= 15 is 0 Å². The molecule has 0 fully saturated rings. The highest BCUT2D eigenvalue weighted by Crippen LogP contribution is 2.57. The SMILES string of the molecule is CC1(C)c2ccc(N(C3=CCC(c4ccccc4)C=C3)c3ccc4c(c3)C(C)(C)c3ccc5c(sc6ccccc65)c3-4)cc2-c2c1ccc1c2oc2ccccc21. The molecule has 274 valence electrons. The van der Waals surface area contributed by atoms with Gasteiger partial charge in [-0.15, -0.1) is 11.3 Å². The van der Waals surface area contributed by atoms with Crippen LogP contribution < -0.4 is 4.90 Å². The second-order valence-corrected chi connectivity index (χ2v) is 18.3. The number of hydrogen-bond donors (Lipinski definition) is 0. The van der Waals surface area contributed by atoms with Crippen LogP contribution in [0.2, 0.25) is 0 Å². The Balaban J connectivity index is 1.05. The summed E-state index contributed by atoms with van der Waals surface area (Å²) in [7, 11) is 0. The lowest BCUT2D eigenvalue weighted by atomic mass is 9.82. The maximum Gasteiger partial charge on any atom is 0.143 e. The van der Waals surface area contributed by atoms with Crippen LogP contribution in [0.4, 0.5) is 11.4 Å². The highest BCUT2D eigenvalue weighted by atomic mass is 32.1. The minimum absolute atomic E-state index is 0.153. The van der Waals surface area contributed by atoms with Crippen LogP contribution in [0.1, 0.15) is 67.9 Å². The zero-order valence-corrected chi connectivity index (χ0v) is 33.4. The highest BCUT2D eigenvalue weighted by molar-refractivity contribution is 7.26. The maximum atomic E-state index is 6.72. The van der Waals surface area contributed by atoms with E-state index in [4.69, 9.17) is 4.42 Å². The number of benzene rings is 7. The van der Waals surface area contributed by atoms with E-state index in [1.807, 2.05) is 11.3 Å². The molecule has 0 bridgehead atoms. The largest absolute Gasteiger partial charge is 0.455 e. The number of thiophene rings is 1. The van der Waals surface area contributed by atoms with Crippen LogP contribution in [-0.4, -0.2) is 0 Å². The van der Waals surface area contributed by atoms with E-state index in [1.165, 1.54) is 92.4 Å². The summed E-state index contributed by atoms with van der Waals surface area (Å²) in [4.78, 5) is 2.50. The van der Waals surface area contributed by atoms with Crippen molar-refractivity contribution in [2.24, 2.45) is 0 Å². The first kappa shape index (κ1) is 33.0. The standard InChI is InChI=1S/C54H41NOS/c1-53(2)43-27-23-35(30-42(43)49-44(53)28-25-39-37-14-8-10-16-47(37)56-51(39)49)55(34-20-18-33(19-21-34)32-12-6-5-7-13-32)36-22-24-41-46(31-36)54(3,4)45-29-26-40-38-15-9-11-17-48(38)57-52(40)50(41)45/h5-18,20-31,33H,19H2,1-4H3. The van der Waals surface area contributed by atoms with Crippen LogP contribution >= 0.6 is 11.3 Å². The third kappa shape index (κ3) is 4.58. The molecule has 0 spiro atoms. The average molecular weight is 752 g/mol. The first-order valence-electron chi connectivity index (χ1n) is 20.2. The molecule has 0 saturated carbocycles. The van der Waals surface area contributed by atoms with Gasteiger partial charge in [-0.1, -0.05) is 143 Å². The summed E-state index contributed by atoms with van der Waals surface area (Å²) >= 11 is 1.93. The van der Waals surface area contributed by atoms with Crippen molar-refractivity contribution in [1.29, 1.82) is 0 Å². The number of allylic oxidation sites excluding steroid dienone is 3. The quantitative estimate of drug-likeness (QED) is 0.178. The molecular formula is C54H41NOS. The van der Waals surface area contributed by atoms with Crippen LogP contribution in [0.25, 0.3) is 64.4 Å². The lowest BCUT2D eigenvalue weighted by Crippen LogP contribution is -2.20. The Hall–Kier alpha value is -6.16. The van der Waals surface area contributed by atoms with Gasteiger partial charge in [0, 0.05) is 75.9 Å². The number of fused-ring (bicyclic) bond motifs is 14. The monoisotopic (exact) mass is 751 g/mol. The highest BCUT2D eigenvalue weighted by Gasteiger charge is 2.40. The first-order valence-corrected chi connectivity index (χ1v) is 21.0. The van der Waals surface area contributed by atoms with Crippen molar-refractivity contribution in [3.63, 3.8) is 0 Å². The Labute approximate surface area is 337 Å². The molecule has 2 aromatic heterocycles. The van der Waals surface area contributed by atoms with Gasteiger partial charge in [0.15, 0.2) is 0 Å². The molecule has 7 aromatic carbocycles. The van der Waals surface area contributed by atoms with Crippen molar-refractivity contribution in [3.8, 4) is 22.3 Å². The molecule has 12 rings (SSSR count). The zero-order valence-electron chi connectivity index (χ0n) is 32.6. The Morgan fingerprint density at radius 1 is 0.579 bits per heavy atom. The minimum Gasteiger partial charge on any atom is -0.455 e. The molecule has 0 N–H and O–H groups in total. The van der Waals surface area contributed by atoms with Crippen molar-refractivity contribution >= 4 is 64.8 Å². The number of furan rings is 1. The smallest absolute Gasteiger partial charge is 0.143 e. The van der Waals surface area contributed by atoms with E-state index in [0.29, 0.717) is 5.92 Å². The van der Waals surface area contributed by atoms with Gasteiger partial charge in [0.05, 0.1) is 0 Å². The molecular weight excluding hydrogens is 711 g/mol. The van der Waals surface area contributed by atoms with E-state index in [-0.39, 0.29) is 10.8 Å². The molecule has 0 saturated heterocycles. The van der Waals surface area contributed by atoms with E-state index in [2.05, 4.69) is 190 Å². The van der Waals surface area contributed by atoms with Crippen molar-refractivity contribution in [2.45, 2.75) is 50.9 Å². The van der Waals surface area contributed by atoms with Gasteiger partial charge < -0.3 is 9.32 Å². The minimum atomic E-state index is -0.157. The summed E-state index contributed by atoms with van der Waals surface area (Å²) < 4.78 is 9.46. The van der Waals surface area contributed by atoms with E-state index in [0.717, 1.165) is 23.3 Å². The molecule has 3 aliphatic rings. The van der Waals surface area contributed by atoms with E-state index in [1.54, 1.807) is 0 Å². The summed E-state index contributed by atoms with van der Waals surface area (Å²) in [5.41, 5.74) is 17.2. The third-order valence-electron chi connectivity index (χ3n) is 13.4. The molecule has 2 nitrogen and oxygen atoms in total. The van der Waals surface area contributed by atoms with Gasteiger partial charge in [0.25, 0.3) is 0 Å². The molecule has 0 radical (unpaired) electrons. The Bertz CT molecular complexity index is 3220. The number of nitrogens with zero attached hydrogens (tertiary/aromatic N) is 1. The van der Waals surface area contributed by atoms with Gasteiger partial charge in [0.2, 0.25) is 0 Å². The predicted molar refractivity (Wildman–Crippen MR) is 241 cm³/mol. The number of para-hydroxylation sites is 1. The van der Waals surface area contributed by atoms with Crippen LogP contribution in [0.5, 0.6) is 0 Å². The Morgan fingerprint density at radius 3 is 2.09 bits per heavy atom. The topological polar surface area (TPSA) is 16.4 Å². The zero-order chi connectivity index (χ0) is 38.2. The summed E-state index contributed by atoms with van der Waals surface area (Å²) in [6.45, 7) is 9.52.